The molecule has 0 saturated heterocycles. The van der Waals surface area contributed by atoms with Crippen molar-refractivity contribution >= 4 is 21.8 Å². The summed E-state index contributed by atoms with van der Waals surface area (Å²) >= 11 is 3.47. The Hall–Kier alpha value is -1.75. The number of hydrogen-bond donors (Lipinski definition) is 1. The Bertz CT molecular complexity index is 674. The maximum atomic E-state index is 12.2. The third-order valence-corrected chi connectivity index (χ3v) is 4.17. The van der Waals surface area contributed by atoms with Gasteiger partial charge in [0.15, 0.2) is 0 Å². The standard InChI is InChI=1S/C16H16BrN3O/c1-10-18-6-5-13(20-10)9-19-16(21)15-8-14(15)11-3-2-4-12(17)7-11/h2-7,14-15H,8-9H2,1H3,(H,19,21)/t14-,15+/m0/s1. The molecule has 0 radical (unpaired) electrons. The molecule has 0 spiro atoms. The van der Waals surface area contributed by atoms with E-state index in [1.807, 2.05) is 25.1 Å². The van der Waals surface area contributed by atoms with Crippen LogP contribution in [0.5, 0.6) is 0 Å². The van der Waals surface area contributed by atoms with Crippen LogP contribution in [0.3, 0.4) is 0 Å². The largest absolute Gasteiger partial charge is 0.350 e. The van der Waals surface area contributed by atoms with Crippen molar-refractivity contribution in [3.8, 4) is 0 Å². The molecule has 1 saturated carbocycles. The van der Waals surface area contributed by atoms with E-state index in [0.29, 0.717) is 12.5 Å². The number of nitrogens with zero attached hydrogens (tertiary/aromatic N) is 2. The summed E-state index contributed by atoms with van der Waals surface area (Å²) in [7, 11) is 0. The summed E-state index contributed by atoms with van der Waals surface area (Å²) in [4.78, 5) is 20.5. The van der Waals surface area contributed by atoms with E-state index in [2.05, 4.69) is 43.3 Å². The van der Waals surface area contributed by atoms with Gasteiger partial charge in [0.05, 0.1) is 12.2 Å². The van der Waals surface area contributed by atoms with Crippen LogP contribution in [-0.4, -0.2) is 15.9 Å². The van der Waals surface area contributed by atoms with Gasteiger partial charge in [-0.05, 0) is 43.0 Å². The first-order valence-electron chi connectivity index (χ1n) is 6.95. The predicted molar refractivity (Wildman–Crippen MR) is 83.6 cm³/mol. The number of halogens is 1. The Morgan fingerprint density at radius 2 is 2.29 bits per heavy atom. The van der Waals surface area contributed by atoms with E-state index in [1.54, 1.807) is 6.20 Å². The fraction of sp³-hybridized carbons (Fsp3) is 0.312. The van der Waals surface area contributed by atoms with Crippen molar-refractivity contribution in [2.75, 3.05) is 0 Å². The van der Waals surface area contributed by atoms with E-state index in [0.717, 1.165) is 22.4 Å². The minimum atomic E-state index is 0.0854. The molecule has 1 amide bonds. The lowest BCUT2D eigenvalue weighted by Crippen LogP contribution is -2.25. The molecule has 1 aliphatic rings. The summed E-state index contributed by atoms with van der Waals surface area (Å²) in [6, 6.07) is 10.0. The smallest absolute Gasteiger partial charge is 0.224 e. The van der Waals surface area contributed by atoms with Gasteiger partial charge in [-0.25, -0.2) is 9.97 Å². The SMILES string of the molecule is Cc1nccc(CNC(=O)[C@@H]2C[C@H]2c2cccc(Br)c2)n1. The number of carbonyl (C=O) groups excluding carboxylic acids is 1. The van der Waals surface area contributed by atoms with Crippen molar-refractivity contribution in [2.24, 2.45) is 5.92 Å². The Balaban J connectivity index is 1.56. The van der Waals surface area contributed by atoms with Crippen molar-refractivity contribution in [1.29, 1.82) is 0 Å². The molecule has 1 aliphatic carbocycles. The van der Waals surface area contributed by atoms with Gasteiger partial charge in [-0.2, -0.15) is 0 Å². The minimum Gasteiger partial charge on any atom is -0.350 e. The summed E-state index contributed by atoms with van der Waals surface area (Å²) in [5.41, 5.74) is 2.07. The quantitative estimate of drug-likeness (QED) is 0.926. The molecule has 1 fully saturated rings. The maximum Gasteiger partial charge on any atom is 0.224 e. The fourth-order valence-corrected chi connectivity index (χ4v) is 2.92. The van der Waals surface area contributed by atoms with Crippen LogP contribution in [0.25, 0.3) is 0 Å². The van der Waals surface area contributed by atoms with Crippen LogP contribution >= 0.6 is 15.9 Å². The van der Waals surface area contributed by atoms with Gasteiger partial charge in [0.2, 0.25) is 5.91 Å². The zero-order valence-corrected chi connectivity index (χ0v) is 13.3. The number of nitrogens with one attached hydrogen (secondary N) is 1. The highest BCUT2D eigenvalue weighted by molar-refractivity contribution is 9.10. The van der Waals surface area contributed by atoms with Crippen LogP contribution < -0.4 is 5.32 Å². The first-order valence-corrected chi connectivity index (χ1v) is 7.74. The van der Waals surface area contributed by atoms with E-state index in [1.165, 1.54) is 5.56 Å². The number of aromatic nitrogens is 2. The lowest BCUT2D eigenvalue weighted by molar-refractivity contribution is -0.122. The van der Waals surface area contributed by atoms with Gasteiger partial charge < -0.3 is 5.32 Å². The Morgan fingerprint density at radius 3 is 3.05 bits per heavy atom. The van der Waals surface area contributed by atoms with Gasteiger partial charge in [-0.3, -0.25) is 4.79 Å². The van der Waals surface area contributed by atoms with Crippen LogP contribution in [-0.2, 0) is 11.3 Å². The van der Waals surface area contributed by atoms with Gasteiger partial charge in [0.25, 0.3) is 0 Å². The molecule has 1 N–H and O–H groups in total. The number of carbonyl (C=O) groups is 1. The van der Waals surface area contributed by atoms with E-state index < -0.39 is 0 Å². The molecular formula is C16H16BrN3O. The molecule has 1 heterocycles. The molecule has 3 rings (SSSR count). The lowest BCUT2D eigenvalue weighted by atomic mass is 10.1. The Labute approximate surface area is 132 Å². The molecule has 2 aromatic rings. The van der Waals surface area contributed by atoms with Crippen LogP contribution in [0.4, 0.5) is 0 Å². The zero-order chi connectivity index (χ0) is 14.8. The second-order valence-corrected chi connectivity index (χ2v) is 6.23. The third-order valence-electron chi connectivity index (χ3n) is 3.68. The summed E-state index contributed by atoms with van der Waals surface area (Å²) in [6.07, 6.45) is 2.64. The molecule has 0 aliphatic heterocycles. The molecule has 0 bridgehead atoms. The molecule has 1 aromatic heterocycles. The van der Waals surface area contributed by atoms with Gasteiger partial charge >= 0.3 is 0 Å². The molecule has 0 unspecified atom stereocenters. The van der Waals surface area contributed by atoms with Crippen molar-refractivity contribution in [2.45, 2.75) is 25.8 Å². The van der Waals surface area contributed by atoms with Crippen molar-refractivity contribution in [3.05, 3.63) is 58.1 Å². The van der Waals surface area contributed by atoms with Crippen molar-refractivity contribution in [3.63, 3.8) is 0 Å². The van der Waals surface area contributed by atoms with Crippen LogP contribution in [0.15, 0.2) is 41.0 Å². The number of benzene rings is 1. The highest BCUT2D eigenvalue weighted by Crippen LogP contribution is 2.47. The highest BCUT2D eigenvalue weighted by Gasteiger charge is 2.43. The molecule has 5 heteroatoms. The van der Waals surface area contributed by atoms with Gasteiger partial charge in [0, 0.05) is 16.6 Å². The van der Waals surface area contributed by atoms with Gasteiger partial charge in [-0.1, -0.05) is 28.1 Å². The second kappa shape index (κ2) is 5.93. The van der Waals surface area contributed by atoms with E-state index in [4.69, 9.17) is 0 Å². The summed E-state index contributed by atoms with van der Waals surface area (Å²) in [6.45, 7) is 2.30. The third kappa shape index (κ3) is 3.47. The van der Waals surface area contributed by atoms with Gasteiger partial charge in [0.1, 0.15) is 5.82 Å². The first kappa shape index (κ1) is 14.2. The first-order chi connectivity index (χ1) is 10.1. The maximum absolute atomic E-state index is 12.2. The van der Waals surface area contributed by atoms with Crippen molar-refractivity contribution in [1.82, 2.24) is 15.3 Å². The summed E-state index contributed by atoms with van der Waals surface area (Å²) < 4.78 is 1.06. The normalized spacial score (nSPS) is 20.1. The van der Waals surface area contributed by atoms with Crippen molar-refractivity contribution < 1.29 is 4.79 Å². The number of rotatable bonds is 4. The number of aryl methyl sites for hydroxylation is 1. The topological polar surface area (TPSA) is 54.9 Å². The monoisotopic (exact) mass is 345 g/mol. The van der Waals surface area contributed by atoms with E-state index in [-0.39, 0.29) is 11.8 Å². The number of hydrogen-bond acceptors (Lipinski definition) is 3. The number of amides is 1. The lowest BCUT2D eigenvalue weighted by Gasteiger charge is -2.05. The molecule has 2 atom stereocenters. The van der Waals surface area contributed by atoms with Crippen LogP contribution in [0, 0.1) is 12.8 Å². The Kier molecular flexibility index (Phi) is 4.01. The molecule has 21 heavy (non-hydrogen) atoms. The second-order valence-electron chi connectivity index (χ2n) is 5.32. The summed E-state index contributed by atoms with van der Waals surface area (Å²) in [5.74, 6) is 1.26. The average Bonchev–Trinajstić information content (AvgIpc) is 3.25. The fourth-order valence-electron chi connectivity index (χ4n) is 2.50. The molecule has 4 nitrogen and oxygen atoms in total. The van der Waals surface area contributed by atoms with E-state index in [9.17, 15) is 4.79 Å². The Morgan fingerprint density at radius 1 is 1.43 bits per heavy atom. The highest BCUT2D eigenvalue weighted by atomic mass is 79.9. The summed E-state index contributed by atoms with van der Waals surface area (Å²) in [5, 5.41) is 2.96. The van der Waals surface area contributed by atoms with Gasteiger partial charge in [-0.15, -0.1) is 0 Å². The average molecular weight is 346 g/mol. The molecule has 108 valence electrons. The van der Waals surface area contributed by atoms with Crippen LogP contribution in [0.1, 0.15) is 29.4 Å². The zero-order valence-electron chi connectivity index (χ0n) is 11.7. The van der Waals surface area contributed by atoms with Crippen LogP contribution in [0.2, 0.25) is 0 Å². The molecular weight excluding hydrogens is 330 g/mol. The molecule has 1 aromatic carbocycles. The van der Waals surface area contributed by atoms with E-state index >= 15 is 0 Å². The minimum absolute atomic E-state index is 0.0854. The predicted octanol–water partition coefficient (Wildman–Crippen LogP) is 2.97.